The van der Waals surface area contributed by atoms with Crippen molar-refractivity contribution < 1.29 is 0 Å². The molecule has 3 aliphatic rings. The highest BCUT2D eigenvalue weighted by Gasteiger charge is 2.44. The molecule has 3 nitrogen and oxygen atoms in total. The molecular weight excluding hydrogens is 258 g/mol. The van der Waals surface area contributed by atoms with Crippen LogP contribution in [0, 0.1) is 11.3 Å². The van der Waals surface area contributed by atoms with Crippen molar-refractivity contribution in [3.05, 3.63) is 0 Å². The Hall–Kier alpha value is -0.120. The van der Waals surface area contributed by atoms with Crippen LogP contribution in [0.4, 0.5) is 0 Å². The van der Waals surface area contributed by atoms with Crippen LogP contribution in [-0.2, 0) is 0 Å². The molecule has 3 rings (SSSR count). The second kappa shape index (κ2) is 6.55. The molecule has 3 fully saturated rings. The maximum atomic E-state index is 3.87. The lowest BCUT2D eigenvalue weighted by Gasteiger charge is -2.42. The van der Waals surface area contributed by atoms with E-state index in [1.54, 1.807) is 0 Å². The van der Waals surface area contributed by atoms with E-state index in [1.165, 1.54) is 71.4 Å². The molecule has 0 aromatic heterocycles. The van der Waals surface area contributed by atoms with Gasteiger partial charge in [0.15, 0.2) is 0 Å². The minimum atomic E-state index is 0.463. The molecule has 0 aromatic carbocycles. The number of piperazine rings is 1. The average Bonchev–Trinajstić information content (AvgIpc) is 3.22. The third-order valence-electron chi connectivity index (χ3n) is 6.01. The molecule has 1 aliphatic heterocycles. The summed E-state index contributed by atoms with van der Waals surface area (Å²) >= 11 is 0. The van der Waals surface area contributed by atoms with E-state index in [-0.39, 0.29) is 0 Å². The summed E-state index contributed by atoms with van der Waals surface area (Å²) in [6.07, 6.45) is 6.98. The van der Waals surface area contributed by atoms with Crippen LogP contribution in [0.15, 0.2) is 0 Å². The lowest BCUT2D eigenvalue weighted by atomic mass is 9.86. The van der Waals surface area contributed by atoms with Gasteiger partial charge in [0.2, 0.25) is 0 Å². The van der Waals surface area contributed by atoms with Crippen molar-refractivity contribution >= 4 is 0 Å². The van der Waals surface area contributed by atoms with Gasteiger partial charge in [-0.1, -0.05) is 20.8 Å². The summed E-state index contributed by atoms with van der Waals surface area (Å²) in [5.41, 5.74) is 0.463. The predicted molar refractivity (Wildman–Crippen MR) is 89.6 cm³/mol. The van der Waals surface area contributed by atoms with Gasteiger partial charge in [-0.15, -0.1) is 0 Å². The quantitative estimate of drug-likeness (QED) is 0.812. The molecule has 2 unspecified atom stereocenters. The molecule has 122 valence electrons. The van der Waals surface area contributed by atoms with Crippen LogP contribution in [0.5, 0.6) is 0 Å². The smallest absolute Gasteiger partial charge is 0.0274 e. The van der Waals surface area contributed by atoms with Gasteiger partial charge < -0.3 is 10.2 Å². The average molecular weight is 293 g/mol. The highest BCUT2D eigenvalue weighted by atomic mass is 15.3. The summed E-state index contributed by atoms with van der Waals surface area (Å²) < 4.78 is 0. The SMILES string of the molecule is CCCNC1C(N2CCN(CC3CC3)CC2)CCC1(C)C. The fraction of sp³-hybridized carbons (Fsp3) is 1.00. The van der Waals surface area contributed by atoms with Crippen LogP contribution >= 0.6 is 0 Å². The largest absolute Gasteiger partial charge is 0.312 e. The van der Waals surface area contributed by atoms with Crippen molar-refractivity contribution in [1.29, 1.82) is 0 Å². The van der Waals surface area contributed by atoms with E-state index in [1.807, 2.05) is 0 Å². The van der Waals surface area contributed by atoms with Gasteiger partial charge in [0, 0.05) is 44.8 Å². The topological polar surface area (TPSA) is 18.5 Å². The van der Waals surface area contributed by atoms with E-state index in [2.05, 4.69) is 35.9 Å². The molecule has 1 heterocycles. The van der Waals surface area contributed by atoms with Crippen molar-refractivity contribution in [2.24, 2.45) is 11.3 Å². The summed E-state index contributed by atoms with van der Waals surface area (Å²) in [6, 6.07) is 1.46. The Kier molecular flexibility index (Phi) is 4.92. The number of hydrogen-bond donors (Lipinski definition) is 1. The Morgan fingerprint density at radius 2 is 1.76 bits per heavy atom. The number of hydrogen-bond acceptors (Lipinski definition) is 3. The molecule has 0 spiro atoms. The van der Waals surface area contributed by atoms with Crippen LogP contribution in [0.3, 0.4) is 0 Å². The molecule has 2 atom stereocenters. The molecular formula is C18H35N3. The first-order valence-corrected chi connectivity index (χ1v) is 9.30. The lowest BCUT2D eigenvalue weighted by Crippen LogP contribution is -2.57. The molecule has 2 saturated carbocycles. The van der Waals surface area contributed by atoms with Crippen LogP contribution in [0.25, 0.3) is 0 Å². The van der Waals surface area contributed by atoms with Crippen molar-refractivity contribution in [2.75, 3.05) is 39.3 Å². The van der Waals surface area contributed by atoms with Gasteiger partial charge in [-0.2, -0.15) is 0 Å². The predicted octanol–water partition coefficient (Wildman–Crippen LogP) is 2.57. The number of nitrogens with one attached hydrogen (secondary N) is 1. The van der Waals surface area contributed by atoms with E-state index in [4.69, 9.17) is 0 Å². The zero-order valence-electron chi connectivity index (χ0n) is 14.4. The normalized spacial score (nSPS) is 34.4. The second-order valence-corrected chi connectivity index (χ2v) is 8.31. The summed E-state index contributed by atoms with van der Waals surface area (Å²) in [4.78, 5) is 5.51. The molecule has 1 N–H and O–H groups in total. The first kappa shape index (κ1) is 15.8. The van der Waals surface area contributed by atoms with Gasteiger partial charge in [-0.25, -0.2) is 0 Å². The standard InChI is InChI=1S/C18H35N3/c1-4-9-19-17-16(7-8-18(17,2)3)21-12-10-20(11-13-21)14-15-5-6-15/h15-17,19H,4-14H2,1-3H3. The van der Waals surface area contributed by atoms with Crippen LogP contribution in [0.1, 0.15) is 52.9 Å². The molecule has 1 saturated heterocycles. The van der Waals surface area contributed by atoms with Crippen molar-refractivity contribution in [3.63, 3.8) is 0 Å². The lowest BCUT2D eigenvalue weighted by molar-refractivity contribution is 0.0742. The van der Waals surface area contributed by atoms with Gasteiger partial charge in [0.1, 0.15) is 0 Å². The first-order chi connectivity index (χ1) is 10.1. The minimum absolute atomic E-state index is 0.463. The Balaban J connectivity index is 1.53. The summed E-state index contributed by atoms with van der Waals surface area (Å²) in [6.45, 7) is 14.9. The Morgan fingerprint density at radius 3 is 2.38 bits per heavy atom. The molecule has 0 bridgehead atoms. The molecule has 0 radical (unpaired) electrons. The monoisotopic (exact) mass is 293 g/mol. The van der Waals surface area contributed by atoms with Crippen LogP contribution in [-0.4, -0.2) is 61.2 Å². The van der Waals surface area contributed by atoms with E-state index in [0.717, 1.165) is 12.0 Å². The van der Waals surface area contributed by atoms with Crippen molar-refractivity contribution in [2.45, 2.75) is 65.0 Å². The van der Waals surface area contributed by atoms with Crippen LogP contribution < -0.4 is 5.32 Å². The third kappa shape index (κ3) is 3.80. The maximum absolute atomic E-state index is 3.87. The Labute approximate surface area is 131 Å². The Morgan fingerprint density at radius 1 is 1.05 bits per heavy atom. The van der Waals surface area contributed by atoms with E-state index < -0.39 is 0 Å². The van der Waals surface area contributed by atoms with Gasteiger partial charge in [-0.05, 0) is 50.0 Å². The zero-order chi connectivity index (χ0) is 14.9. The number of nitrogens with zero attached hydrogens (tertiary/aromatic N) is 2. The van der Waals surface area contributed by atoms with Gasteiger partial charge in [-0.3, -0.25) is 4.90 Å². The highest BCUT2D eigenvalue weighted by molar-refractivity contribution is 5.01. The summed E-state index contributed by atoms with van der Waals surface area (Å²) in [5.74, 6) is 1.04. The second-order valence-electron chi connectivity index (χ2n) is 8.31. The fourth-order valence-corrected chi connectivity index (χ4v) is 4.41. The molecule has 0 aromatic rings. The molecule has 0 amide bonds. The number of rotatable bonds is 6. The maximum Gasteiger partial charge on any atom is 0.0274 e. The van der Waals surface area contributed by atoms with Crippen LogP contribution in [0.2, 0.25) is 0 Å². The Bertz CT molecular complexity index is 329. The third-order valence-corrected chi connectivity index (χ3v) is 6.01. The van der Waals surface area contributed by atoms with Gasteiger partial charge in [0.05, 0.1) is 0 Å². The first-order valence-electron chi connectivity index (χ1n) is 9.30. The van der Waals surface area contributed by atoms with Gasteiger partial charge in [0.25, 0.3) is 0 Å². The van der Waals surface area contributed by atoms with Crippen molar-refractivity contribution in [1.82, 2.24) is 15.1 Å². The fourth-order valence-electron chi connectivity index (χ4n) is 4.41. The molecule has 3 heteroatoms. The van der Waals surface area contributed by atoms with E-state index >= 15 is 0 Å². The molecule has 2 aliphatic carbocycles. The highest BCUT2D eigenvalue weighted by Crippen LogP contribution is 2.40. The van der Waals surface area contributed by atoms with E-state index in [0.29, 0.717) is 11.5 Å². The zero-order valence-corrected chi connectivity index (χ0v) is 14.4. The summed E-state index contributed by atoms with van der Waals surface area (Å²) in [5, 5.41) is 3.87. The van der Waals surface area contributed by atoms with Gasteiger partial charge >= 0.3 is 0 Å². The van der Waals surface area contributed by atoms with E-state index in [9.17, 15) is 0 Å². The summed E-state index contributed by atoms with van der Waals surface area (Å²) in [7, 11) is 0. The van der Waals surface area contributed by atoms with Crippen molar-refractivity contribution in [3.8, 4) is 0 Å². The minimum Gasteiger partial charge on any atom is -0.312 e. The molecule has 21 heavy (non-hydrogen) atoms.